The summed E-state index contributed by atoms with van der Waals surface area (Å²) in [5, 5.41) is 35.8. The maximum atomic E-state index is 10.4. The predicted molar refractivity (Wildman–Crippen MR) is 61.3 cm³/mol. The van der Waals surface area contributed by atoms with Gasteiger partial charge in [-0.2, -0.15) is 8.42 Å². The van der Waals surface area contributed by atoms with Crippen molar-refractivity contribution < 1.29 is 33.4 Å². The Hall–Kier alpha value is 0.710. The Morgan fingerprint density at radius 3 is 1.88 bits per heavy atom. The molecule has 0 spiro atoms. The van der Waals surface area contributed by atoms with Gasteiger partial charge in [0.25, 0.3) is 10.1 Å². The molecule has 0 saturated carbocycles. The van der Waals surface area contributed by atoms with Gasteiger partial charge in [-0.05, 0) is 0 Å². The van der Waals surface area contributed by atoms with E-state index >= 15 is 0 Å². The van der Waals surface area contributed by atoms with E-state index in [9.17, 15) is 13.5 Å². The van der Waals surface area contributed by atoms with Crippen LogP contribution in [0, 0.1) is 0 Å². The topological polar surface area (TPSA) is 139 Å². The molecular formula is C7H18NNaO7S. The Balaban J connectivity index is 0. The number of aliphatic hydroxyl groups excluding tert-OH is 4. The molecule has 1 unspecified atom stereocenters. The third-order valence-electron chi connectivity index (χ3n) is 1.97. The Bertz CT molecular complexity index is 282. The van der Waals surface area contributed by atoms with Crippen molar-refractivity contribution in [1.82, 2.24) is 4.90 Å². The summed E-state index contributed by atoms with van der Waals surface area (Å²) in [5.74, 6) is -0.868. The number of hydrogen-bond donors (Lipinski definition) is 5. The molecule has 1 atom stereocenters. The summed E-state index contributed by atoms with van der Waals surface area (Å²) in [6.45, 7) is -1.75. The second-order valence-electron chi connectivity index (χ2n) is 3.33. The molecule has 0 rings (SSSR count). The molecule has 0 aromatic carbocycles. The van der Waals surface area contributed by atoms with Gasteiger partial charge in [0.05, 0.1) is 32.1 Å². The van der Waals surface area contributed by atoms with Crippen LogP contribution in [-0.4, -0.2) is 112 Å². The van der Waals surface area contributed by atoms with Gasteiger partial charge in [-0.15, -0.1) is 0 Å². The molecule has 10 heteroatoms. The molecule has 8 nitrogen and oxygen atoms in total. The van der Waals surface area contributed by atoms with Gasteiger partial charge in [0, 0.05) is 6.54 Å². The molecule has 0 aliphatic heterocycles. The van der Waals surface area contributed by atoms with Gasteiger partial charge in [-0.3, -0.25) is 9.45 Å². The molecule has 17 heavy (non-hydrogen) atoms. The van der Waals surface area contributed by atoms with Gasteiger partial charge in [-0.25, -0.2) is 0 Å². The number of hydrogen-bond acceptors (Lipinski definition) is 7. The van der Waals surface area contributed by atoms with E-state index in [2.05, 4.69) is 0 Å². The van der Waals surface area contributed by atoms with E-state index in [-0.39, 0.29) is 36.1 Å². The maximum absolute atomic E-state index is 10.4. The molecule has 100 valence electrons. The molecule has 0 aromatic rings. The number of aliphatic hydroxyl groups is 4. The quantitative estimate of drug-likeness (QED) is 0.174. The summed E-state index contributed by atoms with van der Waals surface area (Å²) in [6, 6.07) is -0.791. The molecule has 0 aromatic heterocycles. The van der Waals surface area contributed by atoms with Crippen LogP contribution in [0.25, 0.3) is 0 Å². The minimum absolute atomic E-state index is 0. The van der Waals surface area contributed by atoms with E-state index in [1.54, 1.807) is 0 Å². The van der Waals surface area contributed by atoms with Crippen LogP contribution in [0.4, 0.5) is 0 Å². The Morgan fingerprint density at radius 2 is 1.59 bits per heavy atom. The normalized spacial score (nSPS) is 13.8. The van der Waals surface area contributed by atoms with Crippen LogP contribution < -0.4 is 0 Å². The van der Waals surface area contributed by atoms with Crippen LogP contribution in [0.5, 0.6) is 0 Å². The molecule has 0 fully saturated rings. The third kappa shape index (κ3) is 9.31. The van der Waals surface area contributed by atoms with Gasteiger partial charge in [0.2, 0.25) is 0 Å². The van der Waals surface area contributed by atoms with Gasteiger partial charge in [0.15, 0.2) is 0 Å². The average Bonchev–Trinajstić information content (AvgIpc) is 2.15. The summed E-state index contributed by atoms with van der Waals surface area (Å²) in [7, 11) is -4.30. The number of rotatable bonds is 8. The van der Waals surface area contributed by atoms with E-state index < -0.39 is 48.0 Å². The van der Waals surface area contributed by atoms with E-state index in [1.165, 1.54) is 0 Å². The van der Waals surface area contributed by atoms with Crippen molar-refractivity contribution in [2.45, 2.75) is 12.1 Å². The van der Waals surface area contributed by atoms with Crippen LogP contribution in [0.3, 0.4) is 0 Å². The summed E-state index contributed by atoms with van der Waals surface area (Å²) < 4.78 is 29.3. The molecule has 0 saturated heterocycles. The second kappa shape index (κ2) is 9.62. The Kier molecular flexibility index (Phi) is 11.3. The monoisotopic (exact) mass is 283 g/mol. The first-order chi connectivity index (χ1) is 7.34. The molecule has 0 amide bonds. The van der Waals surface area contributed by atoms with Crippen molar-refractivity contribution >= 4 is 39.7 Å². The fraction of sp³-hybridized carbons (Fsp3) is 1.00. The standard InChI is InChI=1S/C7H17NO7S.Na.H/c9-2-6(3-10)8(5-11)1-7(12)4-16(13,14)15;;/h6-7,9-12H,1-5H2,(H,13,14,15);;. The molecule has 0 aliphatic rings. The average molecular weight is 283 g/mol. The summed E-state index contributed by atoms with van der Waals surface area (Å²) >= 11 is 0. The summed E-state index contributed by atoms with van der Waals surface area (Å²) in [4.78, 5) is 1.09. The van der Waals surface area contributed by atoms with Crippen molar-refractivity contribution in [3.63, 3.8) is 0 Å². The molecule has 0 aliphatic carbocycles. The first-order valence-corrected chi connectivity index (χ1v) is 6.14. The van der Waals surface area contributed by atoms with Crippen LogP contribution >= 0.6 is 0 Å². The Labute approximate surface area is 122 Å². The molecule has 0 bridgehead atoms. The number of nitrogens with zero attached hydrogens (tertiary/aromatic N) is 1. The first-order valence-electron chi connectivity index (χ1n) is 4.54. The van der Waals surface area contributed by atoms with Crippen LogP contribution in [-0.2, 0) is 10.1 Å². The SMILES string of the molecule is O=S(=O)(O)CC(O)CN(CO)C(CO)CO.[NaH]. The zero-order valence-corrected chi connectivity index (χ0v) is 9.41. The third-order valence-corrected chi connectivity index (χ3v) is 2.77. The van der Waals surface area contributed by atoms with Gasteiger partial charge < -0.3 is 20.4 Å². The van der Waals surface area contributed by atoms with E-state index in [0.29, 0.717) is 0 Å². The predicted octanol–water partition coefficient (Wildman–Crippen LogP) is -3.81. The van der Waals surface area contributed by atoms with Gasteiger partial charge in [0.1, 0.15) is 5.75 Å². The van der Waals surface area contributed by atoms with Crippen molar-refractivity contribution in [3.05, 3.63) is 0 Å². The van der Waals surface area contributed by atoms with Crippen molar-refractivity contribution in [1.29, 1.82) is 0 Å². The molecular weight excluding hydrogens is 265 g/mol. The summed E-state index contributed by atoms with van der Waals surface area (Å²) in [6.07, 6.45) is -1.41. The zero-order chi connectivity index (χ0) is 12.8. The van der Waals surface area contributed by atoms with Crippen molar-refractivity contribution in [2.24, 2.45) is 0 Å². The fourth-order valence-electron chi connectivity index (χ4n) is 1.18. The van der Waals surface area contributed by atoms with E-state index in [0.717, 1.165) is 4.90 Å². The van der Waals surface area contributed by atoms with Crippen molar-refractivity contribution in [2.75, 3.05) is 32.2 Å². The molecule has 0 radical (unpaired) electrons. The van der Waals surface area contributed by atoms with Crippen LogP contribution in [0.2, 0.25) is 0 Å². The van der Waals surface area contributed by atoms with Gasteiger partial charge in [-0.1, -0.05) is 0 Å². The second-order valence-corrected chi connectivity index (χ2v) is 4.83. The Morgan fingerprint density at radius 1 is 1.12 bits per heavy atom. The van der Waals surface area contributed by atoms with Gasteiger partial charge >= 0.3 is 29.6 Å². The van der Waals surface area contributed by atoms with Crippen molar-refractivity contribution in [3.8, 4) is 0 Å². The minimum atomic E-state index is -4.30. The first kappa shape index (κ1) is 20.0. The zero-order valence-electron chi connectivity index (χ0n) is 8.60. The van der Waals surface area contributed by atoms with E-state index in [4.69, 9.17) is 19.9 Å². The van der Waals surface area contributed by atoms with E-state index in [1.807, 2.05) is 0 Å². The molecule has 0 heterocycles. The molecule has 5 N–H and O–H groups in total. The fourth-order valence-corrected chi connectivity index (χ4v) is 1.77. The van der Waals surface area contributed by atoms with Crippen LogP contribution in [0.15, 0.2) is 0 Å². The van der Waals surface area contributed by atoms with Crippen LogP contribution in [0.1, 0.15) is 0 Å². The summed E-state index contributed by atoms with van der Waals surface area (Å²) in [5.41, 5.74) is 0.